The van der Waals surface area contributed by atoms with E-state index in [4.69, 9.17) is 0 Å². The number of carbonyl (C=O) groups is 1. The Labute approximate surface area is 230 Å². The van der Waals surface area contributed by atoms with Gasteiger partial charge in [0.15, 0.2) is 0 Å². The fraction of sp³-hybridized carbons (Fsp3) is 0.296. The highest BCUT2D eigenvalue weighted by atomic mass is 79.9. The highest BCUT2D eigenvalue weighted by molar-refractivity contribution is 9.10. The lowest BCUT2D eigenvalue weighted by molar-refractivity contribution is 0.0933. The zero-order valence-electron chi connectivity index (χ0n) is 20.5. The molecule has 0 bridgehead atoms. The number of carbonyl (C=O) groups excluding carboxylic acids is 1. The summed E-state index contributed by atoms with van der Waals surface area (Å²) in [5.41, 5.74) is 4.45. The molecule has 3 aromatic carbocycles. The normalized spacial score (nSPS) is 16.0. The zero-order valence-corrected chi connectivity index (χ0v) is 24.5. The molecular weight excluding hydrogens is 606 g/mol. The number of hydrogen-bond acceptors (Lipinski definition) is 4. The molecule has 6 nitrogen and oxygen atoms in total. The molecule has 0 aromatic heterocycles. The Hall–Kier alpha value is -2.36. The Morgan fingerprint density at radius 1 is 1.03 bits per heavy atom. The molecule has 1 N–H and O–H groups in total. The monoisotopic (exact) mass is 633 g/mol. The lowest BCUT2D eigenvalue weighted by Gasteiger charge is -2.36. The van der Waals surface area contributed by atoms with E-state index >= 15 is 0 Å². The summed E-state index contributed by atoms with van der Waals surface area (Å²) in [5.74, 6) is -0.280. The van der Waals surface area contributed by atoms with Gasteiger partial charge in [0, 0.05) is 46.4 Å². The second kappa shape index (κ2) is 10.9. The number of aryl methyl sites for hydroxylation is 2. The number of hydrogen-bond donors (Lipinski definition) is 1. The molecule has 1 atom stereocenters. The summed E-state index contributed by atoms with van der Waals surface area (Å²) in [6, 6.07) is 17.7. The third kappa shape index (κ3) is 5.63. The molecule has 1 heterocycles. The minimum absolute atomic E-state index is 0.0376. The Bertz CT molecular complexity index is 1360. The number of amides is 1. The van der Waals surface area contributed by atoms with Crippen LogP contribution in [0.15, 0.2) is 74.5 Å². The van der Waals surface area contributed by atoms with Crippen LogP contribution < -0.4 is 14.5 Å². The van der Waals surface area contributed by atoms with Crippen molar-refractivity contribution >= 4 is 59.2 Å². The maximum atomic E-state index is 13.4. The van der Waals surface area contributed by atoms with Gasteiger partial charge < -0.3 is 10.2 Å². The van der Waals surface area contributed by atoms with Crippen LogP contribution in [0.4, 0.5) is 11.4 Å². The minimum Gasteiger partial charge on any atom is -0.369 e. The van der Waals surface area contributed by atoms with Crippen LogP contribution in [-0.4, -0.2) is 40.5 Å². The predicted octanol–water partition coefficient (Wildman–Crippen LogP) is 6.05. The zero-order chi connectivity index (χ0) is 26.0. The Balaban J connectivity index is 1.53. The van der Waals surface area contributed by atoms with Gasteiger partial charge in [-0.3, -0.25) is 9.10 Å². The number of nitrogens with one attached hydrogen (secondary N) is 1. The smallest absolute Gasteiger partial charge is 0.265 e. The van der Waals surface area contributed by atoms with E-state index in [1.54, 1.807) is 36.4 Å². The maximum absolute atomic E-state index is 13.4. The van der Waals surface area contributed by atoms with Crippen LogP contribution in [0.1, 0.15) is 34.3 Å². The van der Waals surface area contributed by atoms with Gasteiger partial charge in [-0.15, -0.1) is 0 Å². The van der Waals surface area contributed by atoms with Crippen molar-refractivity contribution in [3.8, 4) is 0 Å². The van der Waals surface area contributed by atoms with E-state index < -0.39 is 10.0 Å². The summed E-state index contributed by atoms with van der Waals surface area (Å²) in [4.78, 5) is 15.6. The Kier molecular flexibility index (Phi) is 8.12. The van der Waals surface area contributed by atoms with E-state index in [0.717, 1.165) is 23.9 Å². The number of nitrogens with zero attached hydrogens (tertiary/aromatic N) is 2. The lowest BCUT2D eigenvalue weighted by Crippen LogP contribution is -2.48. The van der Waals surface area contributed by atoms with E-state index in [0.29, 0.717) is 22.3 Å². The van der Waals surface area contributed by atoms with Gasteiger partial charge in [0.2, 0.25) is 0 Å². The van der Waals surface area contributed by atoms with E-state index in [1.807, 2.05) is 6.07 Å². The van der Waals surface area contributed by atoms with Crippen LogP contribution in [0.25, 0.3) is 0 Å². The first kappa shape index (κ1) is 26.7. The van der Waals surface area contributed by atoms with Crippen molar-refractivity contribution in [3.05, 3.63) is 86.3 Å². The first-order valence-electron chi connectivity index (χ1n) is 11.7. The summed E-state index contributed by atoms with van der Waals surface area (Å²) in [5, 5.41) is 3.13. The van der Waals surface area contributed by atoms with Gasteiger partial charge in [0.25, 0.3) is 15.9 Å². The molecule has 0 aliphatic carbocycles. The molecule has 1 aliphatic heterocycles. The third-order valence-electron chi connectivity index (χ3n) is 6.48. The molecule has 1 saturated heterocycles. The molecular formula is C27H29Br2N3O3S. The quantitative estimate of drug-likeness (QED) is 0.358. The highest BCUT2D eigenvalue weighted by Crippen LogP contribution is 2.31. The fourth-order valence-corrected chi connectivity index (χ4v) is 7.57. The number of benzene rings is 3. The van der Waals surface area contributed by atoms with Gasteiger partial charge in [-0.05, 0) is 96.2 Å². The highest BCUT2D eigenvalue weighted by Gasteiger charge is 2.27. The van der Waals surface area contributed by atoms with Crippen molar-refractivity contribution in [2.45, 2.75) is 37.6 Å². The summed E-state index contributed by atoms with van der Waals surface area (Å²) in [6.45, 7) is 5.84. The van der Waals surface area contributed by atoms with Crippen LogP contribution in [-0.2, 0) is 10.0 Å². The average molecular weight is 635 g/mol. The number of sulfonamides is 1. The van der Waals surface area contributed by atoms with Crippen molar-refractivity contribution in [1.29, 1.82) is 0 Å². The summed E-state index contributed by atoms with van der Waals surface area (Å²) < 4.78 is 29.4. The Morgan fingerprint density at radius 2 is 1.69 bits per heavy atom. The Morgan fingerprint density at radius 3 is 2.36 bits per heavy atom. The number of anilines is 2. The SMILES string of the molecule is Cc1cc(Br)cc(C)c1N1CCCC(NC(=O)c2ccc(Br)c(S(=O)(=O)N(C)c3ccccc3)c2)C1. The standard InChI is InChI=1S/C27H29Br2N3O3S/c1-18-14-21(28)15-19(2)26(18)32-13-7-8-22(17-32)30-27(33)20-11-12-24(29)25(16-20)36(34,35)31(3)23-9-5-4-6-10-23/h4-6,9-12,14-16,22H,7-8,13,17H2,1-3H3,(H,30,33). The van der Waals surface area contributed by atoms with Crippen molar-refractivity contribution in [2.24, 2.45) is 0 Å². The van der Waals surface area contributed by atoms with E-state index in [2.05, 4.69) is 68.1 Å². The van der Waals surface area contributed by atoms with Crippen molar-refractivity contribution in [1.82, 2.24) is 5.32 Å². The molecule has 1 unspecified atom stereocenters. The molecule has 1 amide bonds. The summed E-state index contributed by atoms with van der Waals surface area (Å²) >= 11 is 6.92. The molecule has 190 valence electrons. The molecule has 1 aliphatic rings. The van der Waals surface area contributed by atoms with E-state index in [-0.39, 0.29) is 16.8 Å². The fourth-order valence-electron chi connectivity index (χ4n) is 4.74. The largest absolute Gasteiger partial charge is 0.369 e. The average Bonchev–Trinajstić information content (AvgIpc) is 2.84. The van der Waals surface area contributed by atoms with E-state index in [9.17, 15) is 13.2 Å². The van der Waals surface area contributed by atoms with Crippen molar-refractivity contribution in [3.63, 3.8) is 0 Å². The van der Waals surface area contributed by atoms with Gasteiger partial charge in [-0.2, -0.15) is 0 Å². The van der Waals surface area contributed by atoms with Gasteiger partial charge in [-0.1, -0.05) is 34.1 Å². The van der Waals surface area contributed by atoms with E-state index in [1.165, 1.54) is 34.2 Å². The van der Waals surface area contributed by atoms with Gasteiger partial charge in [-0.25, -0.2) is 8.42 Å². The molecule has 1 fully saturated rings. The lowest BCUT2D eigenvalue weighted by atomic mass is 10.0. The number of piperidine rings is 1. The number of para-hydroxylation sites is 1. The topological polar surface area (TPSA) is 69.7 Å². The minimum atomic E-state index is -3.88. The van der Waals surface area contributed by atoms with Gasteiger partial charge in [0.1, 0.15) is 4.90 Å². The van der Waals surface area contributed by atoms with Crippen LogP contribution in [0.5, 0.6) is 0 Å². The molecule has 0 spiro atoms. The molecule has 9 heteroatoms. The number of halogens is 2. The second-order valence-corrected chi connectivity index (χ2v) is 12.8. The summed E-state index contributed by atoms with van der Waals surface area (Å²) in [7, 11) is -2.37. The van der Waals surface area contributed by atoms with Gasteiger partial charge >= 0.3 is 0 Å². The third-order valence-corrected chi connectivity index (χ3v) is 9.72. The molecule has 0 saturated carbocycles. The van der Waals surface area contributed by atoms with Crippen LogP contribution in [0.3, 0.4) is 0 Å². The van der Waals surface area contributed by atoms with Gasteiger partial charge in [0.05, 0.1) is 5.69 Å². The van der Waals surface area contributed by atoms with Crippen molar-refractivity contribution in [2.75, 3.05) is 29.3 Å². The van der Waals surface area contributed by atoms with Crippen molar-refractivity contribution < 1.29 is 13.2 Å². The second-order valence-electron chi connectivity index (χ2n) is 9.10. The molecule has 4 rings (SSSR count). The maximum Gasteiger partial charge on any atom is 0.265 e. The first-order valence-corrected chi connectivity index (χ1v) is 14.8. The molecule has 3 aromatic rings. The van der Waals surface area contributed by atoms with Crippen LogP contribution in [0, 0.1) is 13.8 Å². The van der Waals surface area contributed by atoms with Crippen LogP contribution >= 0.6 is 31.9 Å². The predicted molar refractivity (Wildman–Crippen MR) is 152 cm³/mol. The number of rotatable bonds is 6. The summed E-state index contributed by atoms with van der Waals surface area (Å²) in [6.07, 6.45) is 1.83. The molecule has 0 radical (unpaired) electrons. The first-order chi connectivity index (χ1) is 17.1. The van der Waals surface area contributed by atoms with Crippen LogP contribution in [0.2, 0.25) is 0 Å². The molecule has 36 heavy (non-hydrogen) atoms.